The van der Waals surface area contributed by atoms with E-state index >= 15 is 0 Å². The van der Waals surface area contributed by atoms with Crippen LogP contribution in [0.3, 0.4) is 0 Å². The lowest BCUT2D eigenvalue weighted by atomic mass is 9.87. The molecule has 1 unspecified atom stereocenters. The Labute approximate surface area is 162 Å². The molecule has 0 fully saturated rings. The van der Waals surface area contributed by atoms with Crippen LogP contribution in [0.2, 0.25) is 0 Å². The molecule has 134 valence electrons. The lowest BCUT2D eigenvalue weighted by Gasteiger charge is -2.18. The number of aryl methyl sites for hydroxylation is 1. The van der Waals surface area contributed by atoms with Crippen LogP contribution < -0.4 is 0 Å². The minimum absolute atomic E-state index is 0.224. The van der Waals surface area contributed by atoms with Gasteiger partial charge in [0.2, 0.25) is 0 Å². The third-order valence-electron chi connectivity index (χ3n) is 5.50. The molecule has 0 N–H and O–H groups in total. The minimum atomic E-state index is -0.224. The summed E-state index contributed by atoms with van der Waals surface area (Å²) in [5, 5.41) is 1.27. The van der Waals surface area contributed by atoms with Gasteiger partial charge in [-0.05, 0) is 60.1 Å². The van der Waals surface area contributed by atoms with E-state index in [2.05, 4.69) is 37.3 Å². The largest absolute Gasteiger partial charge is 0.237 e. The Morgan fingerprint density at radius 2 is 1.78 bits per heavy atom. The van der Waals surface area contributed by atoms with Gasteiger partial charge in [-0.15, -0.1) is 11.3 Å². The third kappa shape index (κ3) is 2.87. The molecule has 2 aromatic heterocycles. The van der Waals surface area contributed by atoms with Gasteiger partial charge in [-0.25, -0.2) is 9.37 Å². The van der Waals surface area contributed by atoms with Crippen LogP contribution in [0.1, 0.15) is 23.8 Å². The van der Waals surface area contributed by atoms with Gasteiger partial charge in [0.1, 0.15) is 10.6 Å². The first-order chi connectivity index (χ1) is 13.2. The van der Waals surface area contributed by atoms with Gasteiger partial charge in [-0.1, -0.05) is 49.4 Å². The summed E-state index contributed by atoms with van der Waals surface area (Å²) in [6, 6.07) is 19.4. The number of hydrogen-bond acceptors (Lipinski definition) is 2. The smallest absolute Gasteiger partial charge is 0.132 e. The number of pyridine rings is 1. The number of thiophene rings is 1. The molecule has 0 radical (unpaired) electrons. The minimum Gasteiger partial charge on any atom is -0.237 e. The Balaban J connectivity index is 1.82. The van der Waals surface area contributed by atoms with Gasteiger partial charge in [0, 0.05) is 15.8 Å². The van der Waals surface area contributed by atoms with Gasteiger partial charge >= 0.3 is 0 Å². The molecule has 0 bridgehead atoms. The van der Waals surface area contributed by atoms with Crippen molar-refractivity contribution < 1.29 is 4.39 Å². The van der Waals surface area contributed by atoms with Crippen molar-refractivity contribution in [2.24, 2.45) is 5.92 Å². The summed E-state index contributed by atoms with van der Waals surface area (Å²) in [5.41, 5.74) is 5.08. The summed E-state index contributed by atoms with van der Waals surface area (Å²) < 4.78 is 14.5. The van der Waals surface area contributed by atoms with Crippen LogP contribution in [-0.2, 0) is 12.8 Å². The fourth-order valence-corrected chi connectivity index (χ4v) is 5.50. The second-order valence-corrected chi connectivity index (χ2v) is 8.52. The van der Waals surface area contributed by atoms with Crippen molar-refractivity contribution in [3.8, 4) is 22.4 Å². The molecule has 0 saturated heterocycles. The number of fused-ring (bicyclic) bond motifs is 3. The number of halogens is 1. The van der Waals surface area contributed by atoms with Gasteiger partial charge in [0.25, 0.3) is 0 Å². The molecule has 27 heavy (non-hydrogen) atoms. The number of rotatable bonds is 2. The molecule has 0 aliphatic heterocycles. The lowest BCUT2D eigenvalue weighted by Crippen LogP contribution is -2.08. The van der Waals surface area contributed by atoms with E-state index in [0.29, 0.717) is 11.3 Å². The Hall–Kier alpha value is -2.52. The molecule has 2 aromatic carbocycles. The summed E-state index contributed by atoms with van der Waals surface area (Å²) in [4.78, 5) is 7.39. The van der Waals surface area contributed by atoms with Crippen LogP contribution in [-0.4, -0.2) is 4.98 Å². The molecule has 5 rings (SSSR count). The zero-order valence-electron chi connectivity index (χ0n) is 15.2. The predicted octanol–water partition coefficient (Wildman–Crippen LogP) is 6.89. The van der Waals surface area contributed by atoms with E-state index in [1.807, 2.05) is 18.2 Å². The monoisotopic (exact) mass is 373 g/mol. The van der Waals surface area contributed by atoms with Crippen molar-refractivity contribution in [2.45, 2.75) is 26.2 Å². The van der Waals surface area contributed by atoms with E-state index in [-0.39, 0.29) is 5.82 Å². The van der Waals surface area contributed by atoms with Crippen LogP contribution in [0, 0.1) is 11.7 Å². The second kappa shape index (κ2) is 6.58. The number of nitrogens with zero attached hydrogens (tertiary/aromatic N) is 1. The third-order valence-corrected chi connectivity index (χ3v) is 6.65. The SMILES string of the molecule is CC1CCc2c(sc3nc(-c4ccccc4F)cc(-c4ccccc4)c23)C1. The first-order valence-electron chi connectivity index (χ1n) is 9.46. The highest BCUT2D eigenvalue weighted by Crippen LogP contribution is 2.43. The molecule has 3 heteroatoms. The molecular formula is C24H20FNS. The number of aromatic nitrogens is 1. The van der Waals surface area contributed by atoms with E-state index < -0.39 is 0 Å². The zero-order valence-corrected chi connectivity index (χ0v) is 16.0. The first-order valence-corrected chi connectivity index (χ1v) is 10.3. The van der Waals surface area contributed by atoms with E-state index in [0.717, 1.165) is 23.6 Å². The first kappa shape index (κ1) is 16.6. The fourth-order valence-electron chi connectivity index (χ4n) is 4.10. The molecule has 0 amide bonds. The quantitative estimate of drug-likeness (QED) is 0.373. The standard InChI is InChI=1S/C24H20FNS/c1-15-11-12-18-22(13-15)27-24-23(18)19(16-7-3-2-4-8-16)14-21(26-24)17-9-5-6-10-20(17)25/h2-10,14-15H,11-13H2,1H3. The topological polar surface area (TPSA) is 12.9 Å². The van der Waals surface area contributed by atoms with Gasteiger partial charge in [-0.2, -0.15) is 0 Å². The molecule has 1 aliphatic rings. The van der Waals surface area contributed by atoms with Crippen LogP contribution in [0.4, 0.5) is 4.39 Å². The molecule has 1 aliphatic carbocycles. The Morgan fingerprint density at radius 1 is 1.00 bits per heavy atom. The van der Waals surface area contributed by atoms with Gasteiger partial charge in [-0.3, -0.25) is 0 Å². The van der Waals surface area contributed by atoms with Gasteiger partial charge < -0.3 is 0 Å². The number of hydrogen-bond donors (Lipinski definition) is 0. The van der Waals surface area contributed by atoms with E-state index in [9.17, 15) is 4.39 Å². The zero-order chi connectivity index (χ0) is 18.4. The predicted molar refractivity (Wildman–Crippen MR) is 112 cm³/mol. The number of benzene rings is 2. The van der Waals surface area contributed by atoms with Crippen LogP contribution in [0.5, 0.6) is 0 Å². The highest BCUT2D eigenvalue weighted by molar-refractivity contribution is 7.19. The van der Waals surface area contributed by atoms with Crippen molar-refractivity contribution in [1.29, 1.82) is 0 Å². The van der Waals surface area contributed by atoms with Gasteiger partial charge in [0.15, 0.2) is 0 Å². The second-order valence-electron chi connectivity index (χ2n) is 7.43. The van der Waals surface area contributed by atoms with E-state index in [4.69, 9.17) is 4.98 Å². The van der Waals surface area contributed by atoms with Crippen molar-refractivity contribution >= 4 is 21.6 Å². The Morgan fingerprint density at radius 3 is 2.59 bits per heavy atom. The normalized spacial score (nSPS) is 16.4. The molecule has 2 heterocycles. The van der Waals surface area contributed by atoms with Crippen LogP contribution >= 0.6 is 11.3 Å². The summed E-state index contributed by atoms with van der Waals surface area (Å²) >= 11 is 1.79. The molecule has 1 atom stereocenters. The lowest BCUT2D eigenvalue weighted by molar-refractivity contribution is 0.509. The molecule has 0 saturated carbocycles. The van der Waals surface area contributed by atoms with Crippen molar-refractivity contribution in [1.82, 2.24) is 4.98 Å². The fraction of sp³-hybridized carbons (Fsp3) is 0.208. The maximum Gasteiger partial charge on any atom is 0.132 e. The molecule has 4 aromatic rings. The summed E-state index contributed by atoms with van der Waals surface area (Å²) in [5.74, 6) is 0.495. The van der Waals surface area contributed by atoms with Crippen molar-refractivity contribution in [3.63, 3.8) is 0 Å². The van der Waals surface area contributed by atoms with Crippen LogP contribution in [0.15, 0.2) is 60.7 Å². The van der Waals surface area contributed by atoms with Crippen LogP contribution in [0.25, 0.3) is 32.6 Å². The summed E-state index contributed by atoms with van der Waals surface area (Å²) in [7, 11) is 0. The average molecular weight is 373 g/mol. The summed E-state index contributed by atoms with van der Waals surface area (Å²) in [6.07, 6.45) is 3.46. The molecule has 1 nitrogen and oxygen atoms in total. The van der Waals surface area contributed by atoms with E-state index in [1.165, 1.54) is 39.4 Å². The highest BCUT2D eigenvalue weighted by atomic mass is 32.1. The van der Waals surface area contributed by atoms with Gasteiger partial charge in [0.05, 0.1) is 5.69 Å². The Kier molecular flexibility index (Phi) is 4.05. The molecule has 0 spiro atoms. The maximum atomic E-state index is 14.5. The Bertz CT molecular complexity index is 1130. The average Bonchev–Trinajstić information content (AvgIpc) is 3.05. The highest BCUT2D eigenvalue weighted by Gasteiger charge is 2.24. The van der Waals surface area contributed by atoms with Crippen molar-refractivity contribution in [3.05, 3.63) is 76.9 Å². The van der Waals surface area contributed by atoms with Crippen molar-refractivity contribution in [2.75, 3.05) is 0 Å². The van der Waals surface area contributed by atoms with E-state index in [1.54, 1.807) is 17.4 Å². The molecular weight excluding hydrogens is 353 g/mol. The summed E-state index contributed by atoms with van der Waals surface area (Å²) in [6.45, 7) is 2.32. The maximum absolute atomic E-state index is 14.5.